The second kappa shape index (κ2) is 12.1. The summed E-state index contributed by atoms with van der Waals surface area (Å²) in [4.78, 5) is 12.3. The zero-order valence-electron chi connectivity index (χ0n) is 15.8. The van der Waals surface area contributed by atoms with Gasteiger partial charge in [0.25, 0.3) is 0 Å². The summed E-state index contributed by atoms with van der Waals surface area (Å²) in [7, 11) is 1.61. The third kappa shape index (κ3) is 7.78. The van der Waals surface area contributed by atoms with E-state index in [2.05, 4.69) is 5.32 Å². The molecular weight excluding hydrogens is 407 g/mol. The Kier molecular flexibility index (Phi) is 11.0. The van der Waals surface area contributed by atoms with E-state index in [1.807, 2.05) is 6.07 Å². The molecule has 3 atom stereocenters. The first-order valence-corrected chi connectivity index (χ1v) is 10.3. The highest BCUT2D eigenvalue weighted by molar-refractivity contribution is 6.42. The van der Waals surface area contributed by atoms with E-state index in [-0.39, 0.29) is 30.3 Å². The number of carbonyl (C=O) groups is 1. The summed E-state index contributed by atoms with van der Waals surface area (Å²) >= 11 is 12.0. The maximum Gasteiger partial charge on any atom is 0.223 e. The smallest absolute Gasteiger partial charge is 0.223 e. The Morgan fingerprint density at radius 2 is 1.93 bits per heavy atom. The second-order valence-electron chi connectivity index (χ2n) is 7.47. The predicted molar refractivity (Wildman–Crippen MR) is 115 cm³/mol. The molecule has 7 heteroatoms. The Bertz CT molecular complexity index is 595. The molecule has 0 spiro atoms. The van der Waals surface area contributed by atoms with Crippen molar-refractivity contribution in [1.29, 1.82) is 0 Å². The highest BCUT2D eigenvalue weighted by atomic mass is 35.5. The summed E-state index contributed by atoms with van der Waals surface area (Å²) in [6.45, 7) is 0. The fraction of sp³-hybridized carbons (Fsp3) is 0.650. The van der Waals surface area contributed by atoms with Gasteiger partial charge in [0.1, 0.15) is 0 Å². The van der Waals surface area contributed by atoms with E-state index in [1.54, 1.807) is 19.2 Å². The van der Waals surface area contributed by atoms with E-state index in [9.17, 15) is 9.90 Å². The van der Waals surface area contributed by atoms with Crippen LogP contribution in [0.2, 0.25) is 10.0 Å². The summed E-state index contributed by atoms with van der Waals surface area (Å²) in [5.74, 6) is 0.145. The lowest BCUT2D eigenvalue weighted by molar-refractivity contribution is -0.125. The van der Waals surface area contributed by atoms with Gasteiger partial charge in [-0.2, -0.15) is 0 Å². The molecule has 0 aromatic heterocycles. The number of rotatable bonds is 8. The average Bonchev–Trinajstić information content (AvgIpc) is 2.64. The maximum atomic E-state index is 12.3. The van der Waals surface area contributed by atoms with Crippen LogP contribution in [0.15, 0.2) is 18.2 Å². The Balaban J connectivity index is 0.00000364. The quantitative estimate of drug-likeness (QED) is 0.565. The molecular formula is C20H31Cl3N2O2. The van der Waals surface area contributed by atoms with Crippen molar-refractivity contribution in [2.45, 2.75) is 63.5 Å². The molecule has 1 aromatic carbocycles. The van der Waals surface area contributed by atoms with Crippen molar-refractivity contribution >= 4 is 41.5 Å². The third-order valence-electron chi connectivity index (χ3n) is 5.43. The van der Waals surface area contributed by atoms with Crippen LogP contribution < -0.4 is 11.1 Å². The van der Waals surface area contributed by atoms with Crippen LogP contribution in [0.25, 0.3) is 0 Å². The molecule has 0 bridgehead atoms. The van der Waals surface area contributed by atoms with E-state index in [0.29, 0.717) is 28.8 Å². The van der Waals surface area contributed by atoms with Crippen LogP contribution in [0, 0.1) is 11.8 Å². The van der Waals surface area contributed by atoms with Gasteiger partial charge in [-0.25, -0.2) is 0 Å². The fourth-order valence-electron chi connectivity index (χ4n) is 3.87. The largest absolute Gasteiger partial charge is 0.391 e. The normalized spacial score (nSPS) is 18.3. The number of nitrogens with one attached hydrogen (secondary N) is 1. The Labute approximate surface area is 178 Å². The predicted octanol–water partition coefficient (Wildman–Crippen LogP) is 4.37. The highest BCUT2D eigenvalue weighted by Gasteiger charge is 2.27. The Morgan fingerprint density at radius 1 is 1.26 bits per heavy atom. The Morgan fingerprint density at radius 3 is 2.52 bits per heavy atom. The molecule has 0 saturated heterocycles. The van der Waals surface area contributed by atoms with Gasteiger partial charge in [0.05, 0.1) is 16.1 Å². The minimum Gasteiger partial charge on any atom is -0.391 e. The molecule has 2 unspecified atom stereocenters. The fourth-order valence-corrected chi connectivity index (χ4v) is 4.19. The van der Waals surface area contributed by atoms with Crippen LogP contribution >= 0.6 is 35.6 Å². The molecule has 27 heavy (non-hydrogen) atoms. The number of hydrogen-bond donors (Lipinski definition) is 3. The van der Waals surface area contributed by atoms with E-state index in [4.69, 9.17) is 28.9 Å². The van der Waals surface area contributed by atoms with Crippen LogP contribution in [0.3, 0.4) is 0 Å². The summed E-state index contributed by atoms with van der Waals surface area (Å²) in [5.41, 5.74) is 7.17. The van der Waals surface area contributed by atoms with Gasteiger partial charge in [0.15, 0.2) is 0 Å². The number of aliphatic hydroxyl groups excluding tert-OH is 1. The summed E-state index contributed by atoms with van der Waals surface area (Å²) in [6, 6.07) is 5.07. The lowest BCUT2D eigenvalue weighted by atomic mass is 9.82. The standard InChI is InChI=1S/C20H30Cl2N2O2.ClH/c1-24-20(26)15(9-14-7-8-16(21)17(22)10-14)12-19(25)18(23)11-13-5-3-2-4-6-13;/h7-8,10,13,15,18-19,25H,2-6,9,11-12,23H2,1H3,(H,24,26);1H/t15?,18-,19?;/m0./s1. The van der Waals surface area contributed by atoms with Crippen molar-refractivity contribution < 1.29 is 9.90 Å². The summed E-state index contributed by atoms with van der Waals surface area (Å²) < 4.78 is 0. The minimum absolute atomic E-state index is 0. The third-order valence-corrected chi connectivity index (χ3v) is 6.17. The number of carbonyl (C=O) groups excluding carboxylic acids is 1. The number of halogens is 3. The molecule has 0 radical (unpaired) electrons. The molecule has 1 fully saturated rings. The molecule has 1 amide bonds. The van der Waals surface area contributed by atoms with Crippen LogP contribution in [0.4, 0.5) is 0 Å². The average molecular weight is 438 g/mol. The lowest BCUT2D eigenvalue weighted by Gasteiger charge is -2.28. The first-order chi connectivity index (χ1) is 12.4. The van der Waals surface area contributed by atoms with Gasteiger partial charge < -0.3 is 16.2 Å². The molecule has 0 aliphatic heterocycles. The van der Waals surface area contributed by atoms with Crippen LogP contribution in [0.5, 0.6) is 0 Å². The molecule has 1 aliphatic rings. The van der Waals surface area contributed by atoms with Crippen LogP contribution in [-0.2, 0) is 11.2 Å². The summed E-state index contributed by atoms with van der Waals surface area (Å²) in [5, 5.41) is 14.2. The second-order valence-corrected chi connectivity index (χ2v) is 8.28. The van der Waals surface area contributed by atoms with E-state index >= 15 is 0 Å². The number of hydrogen-bond acceptors (Lipinski definition) is 3. The van der Waals surface area contributed by atoms with Crippen LogP contribution in [-0.4, -0.2) is 30.2 Å². The van der Waals surface area contributed by atoms with Gasteiger partial charge in [-0.05, 0) is 42.9 Å². The van der Waals surface area contributed by atoms with Gasteiger partial charge in [0, 0.05) is 19.0 Å². The number of amides is 1. The van der Waals surface area contributed by atoms with Crippen molar-refractivity contribution in [2.24, 2.45) is 17.6 Å². The highest BCUT2D eigenvalue weighted by Crippen LogP contribution is 2.29. The molecule has 2 rings (SSSR count). The minimum atomic E-state index is -0.693. The first-order valence-electron chi connectivity index (χ1n) is 9.49. The van der Waals surface area contributed by atoms with Crippen molar-refractivity contribution in [2.75, 3.05) is 7.05 Å². The molecule has 1 aliphatic carbocycles. The Hall–Kier alpha value is -0.520. The molecule has 1 saturated carbocycles. The topological polar surface area (TPSA) is 75.3 Å². The summed E-state index contributed by atoms with van der Waals surface area (Å²) in [6.07, 6.45) is 7.17. The molecule has 0 heterocycles. The van der Waals surface area contributed by atoms with Gasteiger partial charge >= 0.3 is 0 Å². The van der Waals surface area contributed by atoms with Crippen molar-refractivity contribution in [3.63, 3.8) is 0 Å². The van der Waals surface area contributed by atoms with Gasteiger partial charge in [-0.15, -0.1) is 12.4 Å². The van der Waals surface area contributed by atoms with Gasteiger partial charge in [-0.3, -0.25) is 4.79 Å². The SMILES string of the molecule is CNC(=O)C(Cc1ccc(Cl)c(Cl)c1)CC(O)[C@@H](N)CC1CCCCC1.Cl. The zero-order valence-corrected chi connectivity index (χ0v) is 18.1. The maximum absolute atomic E-state index is 12.3. The molecule has 4 nitrogen and oxygen atoms in total. The lowest BCUT2D eigenvalue weighted by Crippen LogP contribution is -2.41. The van der Waals surface area contributed by atoms with E-state index < -0.39 is 6.10 Å². The number of nitrogens with two attached hydrogens (primary N) is 1. The van der Waals surface area contributed by atoms with Crippen molar-refractivity contribution in [1.82, 2.24) is 5.32 Å². The molecule has 4 N–H and O–H groups in total. The van der Waals surface area contributed by atoms with E-state index in [1.165, 1.54) is 32.1 Å². The number of benzene rings is 1. The van der Waals surface area contributed by atoms with Crippen molar-refractivity contribution in [3.8, 4) is 0 Å². The molecule has 154 valence electrons. The zero-order chi connectivity index (χ0) is 19.1. The van der Waals surface area contributed by atoms with E-state index in [0.717, 1.165) is 12.0 Å². The molecule has 1 aromatic rings. The number of aliphatic hydroxyl groups is 1. The van der Waals surface area contributed by atoms with Crippen LogP contribution in [0.1, 0.15) is 50.5 Å². The van der Waals surface area contributed by atoms with Gasteiger partial charge in [-0.1, -0.05) is 61.4 Å². The monoisotopic (exact) mass is 436 g/mol. The van der Waals surface area contributed by atoms with Gasteiger partial charge in [0.2, 0.25) is 5.91 Å². The first kappa shape index (κ1) is 24.5. The van der Waals surface area contributed by atoms with Crippen molar-refractivity contribution in [3.05, 3.63) is 33.8 Å².